The quantitative estimate of drug-likeness (QED) is 0.877. The third kappa shape index (κ3) is 3.24. The molecule has 2 aliphatic rings. The molecule has 0 unspecified atom stereocenters. The number of rotatable bonds is 2. The molecule has 0 saturated carbocycles. The third-order valence-electron chi connectivity index (χ3n) is 4.81. The summed E-state index contributed by atoms with van der Waals surface area (Å²) in [5, 5.41) is 6.07. The van der Waals surface area contributed by atoms with Crippen LogP contribution in [0.15, 0.2) is 24.3 Å². The second-order valence-corrected chi connectivity index (χ2v) is 6.46. The van der Waals surface area contributed by atoms with Gasteiger partial charge in [-0.3, -0.25) is 4.79 Å². The summed E-state index contributed by atoms with van der Waals surface area (Å²) in [6.45, 7) is 4.02. The van der Waals surface area contributed by atoms with Crippen molar-refractivity contribution in [2.45, 2.75) is 44.7 Å². The SMILES string of the molecule is Cc1ccc(CNC(=O)N2CCC3(CCC(=O)N3)CC2)cc1. The van der Waals surface area contributed by atoms with E-state index in [1.807, 2.05) is 24.0 Å². The number of carbonyl (C=O) groups excluding carboxylic acids is 2. The minimum atomic E-state index is -0.0508. The van der Waals surface area contributed by atoms with E-state index in [0.717, 1.165) is 24.8 Å². The van der Waals surface area contributed by atoms with Gasteiger partial charge in [0.15, 0.2) is 0 Å². The van der Waals surface area contributed by atoms with Gasteiger partial charge in [0, 0.05) is 31.6 Å². The summed E-state index contributed by atoms with van der Waals surface area (Å²) >= 11 is 0. The van der Waals surface area contributed by atoms with E-state index in [2.05, 4.69) is 22.8 Å². The van der Waals surface area contributed by atoms with Crippen LogP contribution in [-0.2, 0) is 11.3 Å². The van der Waals surface area contributed by atoms with E-state index in [9.17, 15) is 9.59 Å². The summed E-state index contributed by atoms with van der Waals surface area (Å²) in [6.07, 6.45) is 3.25. The van der Waals surface area contributed by atoms with E-state index in [1.165, 1.54) is 5.56 Å². The Morgan fingerprint density at radius 2 is 1.91 bits per heavy atom. The number of aryl methyl sites for hydroxylation is 1. The fourth-order valence-electron chi connectivity index (χ4n) is 3.28. The number of hydrogen-bond acceptors (Lipinski definition) is 2. The monoisotopic (exact) mass is 301 g/mol. The summed E-state index contributed by atoms with van der Waals surface area (Å²) < 4.78 is 0. The van der Waals surface area contributed by atoms with Crippen LogP contribution in [-0.4, -0.2) is 35.5 Å². The molecule has 2 fully saturated rings. The highest BCUT2D eigenvalue weighted by molar-refractivity contribution is 5.79. The second-order valence-electron chi connectivity index (χ2n) is 6.46. The Hall–Kier alpha value is -2.04. The molecule has 3 rings (SSSR count). The fourth-order valence-corrected chi connectivity index (χ4v) is 3.28. The maximum Gasteiger partial charge on any atom is 0.317 e. The number of carbonyl (C=O) groups is 2. The number of nitrogens with zero attached hydrogens (tertiary/aromatic N) is 1. The molecule has 1 spiro atoms. The third-order valence-corrected chi connectivity index (χ3v) is 4.81. The first-order valence-electron chi connectivity index (χ1n) is 7.96. The molecular weight excluding hydrogens is 278 g/mol. The lowest BCUT2D eigenvalue weighted by molar-refractivity contribution is -0.120. The predicted molar refractivity (Wildman–Crippen MR) is 84.3 cm³/mol. The normalized spacial score (nSPS) is 20.0. The van der Waals surface area contributed by atoms with Crippen LogP contribution in [0.3, 0.4) is 0 Å². The number of benzene rings is 1. The highest BCUT2D eigenvalue weighted by Crippen LogP contribution is 2.31. The molecule has 0 aromatic heterocycles. The Kier molecular flexibility index (Phi) is 4.05. The van der Waals surface area contributed by atoms with Crippen molar-refractivity contribution in [3.05, 3.63) is 35.4 Å². The molecule has 5 heteroatoms. The molecule has 2 heterocycles. The Labute approximate surface area is 131 Å². The van der Waals surface area contributed by atoms with E-state index in [1.54, 1.807) is 0 Å². The highest BCUT2D eigenvalue weighted by Gasteiger charge is 2.40. The molecule has 5 nitrogen and oxygen atoms in total. The van der Waals surface area contributed by atoms with Crippen molar-refractivity contribution in [1.29, 1.82) is 0 Å². The first-order chi connectivity index (χ1) is 10.6. The predicted octanol–water partition coefficient (Wildman–Crippen LogP) is 1.95. The number of amides is 3. The van der Waals surface area contributed by atoms with E-state index in [4.69, 9.17) is 0 Å². The summed E-state index contributed by atoms with van der Waals surface area (Å²) in [5.74, 6) is 0.150. The molecule has 1 aromatic carbocycles. The zero-order valence-electron chi connectivity index (χ0n) is 13.0. The Morgan fingerprint density at radius 1 is 1.23 bits per heavy atom. The molecular formula is C17H23N3O2. The van der Waals surface area contributed by atoms with Gasteiger partial charge in [0.2, 0.25) is 5.91 Å². The molecule has 2 saturated heterocycles. The van der Waals surface area contributed by atoms with Crippen molar-refractivity contribution in [2.24, 2.45) is 0 Å². The molecule has 3 amide bonds. The molecule has 0 bridgehead atoms. The van der Waals surface area contributed by atoms with Crippen LogP contribution < -0.4 is 10.6 Å². The van der Waals surface area contributed by atoms with Crippen LogP contribution in [0, 0.1) is 6.92 Å². The van der Waals surface area contributed by atoms with Gasteiger partial charge in [-0.1, -0.05) is 29.8 Å². The van der Waals surface area contributed by atoms with Gasteiger partial charge in [-0.2, -0.15) is 0 Å². The Morgan fingerprint density at radius 3 is 2.50 bits per heavy atom. The van der Waals surface area contributed by atoms with Crippen molar-refractivity contribution < 1.29 is 9.59 Å². The first-order valence-corrected chi connectivity index (χ1v) is 7.96. The van der Waals surface area contributed by atoms with Gasteiger partial charge in [-0.15, -0.1) is 0 Å². The summed E-state index contributed by atoms with van der Waals surface area (Å²) in [4.78, 5) is 25.5. The van der Waals surface area contributed by atoms with Crippen LogP contribution in [0.4, 0.5) is 4.79 Å². The minimum absolute atomic E-state index is 0.0141. The van der Waals surface area contributed by atoms with E-state index < -0.39 is 0 Å². The van der Waals surface area contributed by atoms with Gasteiger partial charge >= 0.3 is 6.03 Å². The Bertz CT molecular complexity index is 560. The maximum atomic E-state index is 12.2. The summed E-state index contributed by atoms with van der Waals surface area (Å²) in [7, 11) is 0. The number of piperidine rings is 1. The lowest BCUT2D eigenvalue weighted by Crippen LogP contribution is -2.53. The average molecular weight is 301 g/mol. The summed E-state index contributed by atoms with van der Waals surface area (Å²) in [5.41, 5.74) is 2.27. The van der Waals surface area contributed by atoms with Crippen LogP contribution in [0.1, 0.15) is 36.8 Å². The van der Waals surface area contributed by atoms with Crippen molar-refractivity contribution in [3.8, 4) is 0 Å². The molecule has 1 aromatic rings. The van der Waals surface area contributed by atoms with E-state index in [-0.39, 0.29) is 17.5 Å². The lowest BCUT2D eigenvalue weighted by atomic mass is 9.86. The van der Waals surface area contributed by atoms with Gasteiger partial charge in [0.05, 0.1) is 0 Å². The number of nitrogens with one attached hydrogen (secondary N) is 2. The van der Waals surface area contributed by atoms with Gasteiger partial charge in [-0.05, 0) is 31.7 Å². The zero-order valence-corrected chi connectivity index (χ0v) is 13.0. The maximum absolute atomic E-state index is 12.2. The summed E-state index contributed by atoms with van der Waals surface area (Å²) in [6, 6.07) is 8.16. The van der Waals surface area contributed by atoms with Crippen molar-refractivity contribution in [1.82, 2.24) is 15.5 Å². The van der Waals surface area contributed by atoms with E-state index >= 15 is 0 Å². The van der Waals surface area contributed by atoms with Crippen LogP contribution in [0.5, 0.6) is 0 Å². The zero-order chi connectivity index (χ0) is 15.6. The lowest BCUT2D eigenvalue weighted by Gasteiger charge is -2.39. The molecule has 0 aliphatic carbocycles. The highest BCUT2D eigenvalue weighted by atomic mass is 16.2. The largest absolute Gasteiger partial charge is 0.351 e. The Balaban J connectivity index is 1.48. The average Bonchev–Trinajstić information content (AvgIpc) is 2.88. The van der Waals surface area contributed by atoms with Crippen LogP contribution in [0.25, 0.3) is 0 Å². The van der Waals surface area contributed by atoms with Gasteiger partial charge in [0.25, 0.3) is 0 Å². The number of likely N-dealkylation sites (tertiary alicyclic amines) is 1. The van der Waals surface area contributed by atoms with Gasteiger partial charge in [-0.25, -0.2) is 4.79 Å². The molecule has 0 atom stereocenters. The van der Waals surface area contributed by atoms with Crippen molar-refractivity contribution >= 4 is 11.9 Å². The van der Waals surface area contributed by atoms with E-state index in [0.29, 0.717) is 26.1 Å². The van der Waals surface area contributed by atoms with Crippen LogP contribution >= 0.6 is 0 Å². The van der Waals surface area contributed by atoms with Gasteiger partial charge in [0.1, 0.15) is 0 Å². The van der Waals surface area contributed by atoms with Crippen LogP contribution in [0.2, 0.25) is 0 Å². The smallest absolute Gasteiger partial charge is 0.317 e. The number of hydrogen-bond donors (Lipinski definition) is 2. The fraction of sp³-hybridized carbons (Fsp3) is 0.529. The first kappa shape index (κ1) is 14.9. The topological polar surface area (TPSA) is 61.4 Å². The number of urea groups is 1. The molecule has 0 radical (unpaired) electrons. The van der Waals surface area contributed by atoms with Crippen molar-refractivity contribution in [3.63, 3.8) is 0 Å². The van der Waals surface area contributed by atoms with Crippen molar-refractivity contribution in [2.75, 3.05) is 13.1 Å². The molecule has 2 N–H and O–H groups in total. The second kappa shape index (κ2) is 5.99. The molecule has 22 heavy (non-hydrogen) atoms. The van der Waals surface area contributed by atoms with Gasteiger partial charge < -0.3 is 15.5 Å². The molecule has 118 valence electrons. The minimum Gasteiger partial charge on any atom is -0.351 e. The molecule has 2 aliphatic heterocycles. The standard InChI is InChI=1S/C17H23N3O2/c1-13-2-4-14(5-3-13)12-18-16(22)20-10-8-17(9-11-20)7-6-15(21)19-17/h2-5H,6-12H2,1H3,(H,18,22)(H,19,21).